The smallest absolute Gasteiger partial charge is 0.263 e. The van der Waals surface area contributed by atoms with Crippen molar-refractivity contribution in [3.8, 4) is 11.6 Å². The number of hydrogen-bond donors (Lipinski definition) is 0. The maximum atomic E-state index is 12.6. The van der Waals surface area contributed by atoms with Crippen molar-refractivity contribution in [2.45, 2.75) is 32.9 Å². The van der Waals surface area contributed by atoms with Crippen LogP contribution in [-0.4, -0.2) is 48.8 Å². The van der Waals surface area contributed by atoms with Gasteiger partial charge in [0.05, 0.1) is 19.2 Å². The van der Waals surface area contributed by atoms with Crippen LogP contribution in [0.3, 0.4) is 0 Å². The minimum atomic E-state index is -0.545. The molecular formula is C19H24N2O4. The van der Waals surface area contributed by atoms with Crippen molar-refractivity contribution in [2.24, 2.45) is 0 Å². The van der Waals surface area contributed by atoms with Gasteiger partial charge in [-0.2, -0.15) is 0 Å². The van der Waals surface area contributed by atoms with Crippen molar-refractivity contribution < 1.29 is 19.0 Å². The van der Waals surface area contributed by atoms with E-state index in [1.54, 1.807) is 14.0 Å². The second-order valence-corrected chi connectivity index (χ2v) is 6.08. The maximum absolute atomic E-state index is 12.6. The van der Waals surface area contributed by atoms with E-state index in [0.29, 0.717) is 32.2 Å². The molecule has 0 saturated carbocycles. The monoisotopic (exact) mass is 344 g/mol. The second-order valence-electron chi connectivity index (χ2n) is 6.08. The Hall–Kier alpha value is -2.34. The Morgan fingerprint density at radius 1 is 1.36 bits per heavy atom. The Bertz CT molecular complexity index is 762. The average Bonchev–Trinajstić information content (AvgIpc) is 2.73. The molecule has 0 fully saturated rings. The number of carbonyl (C=O) groups excluding carboxylic acids is 1. The quantitative estimate of drug-likeness (QED) is 0.754. The Morgan fingerprint density at radius 3 is 2.96 bits per heavy atom. The molecule has 2 heterocycles. The van der Waals surface area contributed by atoms with Crippen LogP contribution in [-0.2, 0) is 16.1 Å². The first-order valence-electron chi connectivity index (χ1n) is 8.63. The van der Waals surface area contributed by atoms with E-state index in [0.717, 1.165) is 28.6 Å². The molecule has 0 N–H and O–H groups in total. The lowest BCUT2D eigenvalue weighted by atomic mass is 10.1. The molecule has 6 heteroatoms. The molecule has 6 nitrogen and oxygen atoms in total. The summed E-state index contributed by atoms with van der Waals surface area (Å²) in [6.45, 7) is 6.21. The normalized spacial score (nSPS) is 17.2. The van der Waals surface area contributed by atoms with Crippen molar-refractivity contribution in [3.63, 3.8) is 0 Å². The molecule has 0 spiro atoms. The largest absolute Gasteiger partial charge is 0.497 e. The molecule has 2 aromatic rings. The number of benzene rings is 1. The summed E-state index contributed by atoms with van der Waals surface area (Å²) in [5.41, 5.74) is 1.74. The van der Waals surface area contributed by atoms with Crippen LogP contribution in [0.15, 0.2) is 24.3 Å². The molecule has 1 amide bonds. The van der Waals surface area contributed by atoms with E-state index in [4.69, 9.17) is 14.2 Å². The highest BCUT2D eigenvalue weighted by Crippen LogP contribution is 2.29. The lowest BCUT2D eigenvalue weighted by Crippen LogP contribution is -2.38. The van der Waals surface area contributed by atoms with Crippen LogP contribution in [0.25, 0.3) is 10.9 Å². The van der Waals surface area contributed by atoms with E-state index >= 15 is 0 Å². The standard InChI is InChI=1S/C19H24N2O4/c1-4-24-9-5-8-21-12-15-10-14-11-16(23-3)6-7-17(14)20-18(15)25-13(2)19(21)22/h6-7,10-11,13H,4-5,8-9,12H2,1-3H3/t13-/m0/s1. The van der Waals surface area contributed by atoms with E-state index in [9.17, 15) is 4.79 Å². The Labute approximate surface area is 147 Å². The highest BCUT2D eigenvalue weighted by Gasteiger charge is 2.28. The molecule has 25 heavy (non-hydrogen) atoms. The van der Waals surface area contributed by atoms with Crippen molar-refractivity contribution in [1.29, 1.82) is 0 Å². The van der Waals surface area contributed by atoms with E-state index in [1.807, 2.05) is 36.1 Å². The lowest BCUT2D eigenvalue weighted by molar-refractivity contribution is -0.137. The molecule has 1 aromatic heterocycles. The summed E-state index contributed by atoms with van der Waals surface area (Å²) in [6, 6.07) is 7.74. The number of nitrogens with zero attached hydrogens (tertiary/aromatic N) is 2. The van der Waals surface area contributed by atoms with Crippen LogP contribution in [0.4, 0.5) is 0 Å². The van der Waals surface area contributed by atoms with Gasteiger partial charge >= 0.3 is 0 Å². The van der Waals surface area contributed by atoms with Gasteiger partial charge in [-0.05, 0) is 44.5 Å². The van der Waals surface area contributed by atoms with E-state index in [1.165, 1.54) is 0 Å². The van der Waals surface area contributed by atoms with E-state index in [2.05, 4.69) is 4.98 Å². The van der Waals surface area contributed by atoms with Gasteiger partial charge in [0.15, 0.2) is 6.10 Å². The summed E-state index contributed by atoms with van der Waals surface area (Å²) in [4.78, 5) is 19.0. The van der Waals surface area contributed by atoms with Gasteiger partial charge in [0.2, 0.25) is 5.88 Å². The van der Waals surface area contributed by atoms with Gasteiger partial charge in [-0.25, -0.2) is 4.98 Å². The molecule has 0 unspecified atom stereocenters. The molecule has 1 aliphatic heterocycles. The van der Waals surface area contributed by atoms with Crippen molar-refractivity contribution in [2.75, 3.05) is 26.9 Å². The fourth-order valence-electron chi connectivity index (χ4n) is 2.97. The summed E-state index contributed by atoms with van der Waals surface area (Å²) in [7, 11) is 1.64. The third-order valence-electron chi connectivity index (χ3n) is 4.29. The average molecular weight is 344 g/mol. The fraction of sp³-hybridized carbons (Fsp3) is 0.474. The summed E-state index contributed by atoms with van der Waals surface area (Å²) in [6.07, 6.45) is 0.257. The van der Waals surface area contributed by atoms with Gasteiger partial charge in [0.25, 0.3) is 5.91 Å². The number of aromatic nitrogens is 1. The first-order valence-corrected chi connectivity index (χ1v) is 8.63. The van der Waals surface area contributed by atoms with Crippen LogP contribution < -0.4 is 9.47 Å². The molecule has 1 aliphatic rings. The van der Waals surface area contributed by atoms with Gasteiger partial charge in [-0.1, -0.05) is 0 Å². The second kappa shape index (κ2) is 7.70. The number of fused-ring (bicyclic) bond motifs is 2. The number of hydrogen-bond acceptors (Lipinski definition) is 5. The van der Waals surface area contributed by atoms with Gasteiger partial charge in [-0.3, -0.25) is 4.79 Å². The first-order chi connectivity index (χ1) is 12.1. The minimum Gasteiger partial charge on any atom is -0.497 e. The number of ether oxygens (including phenoxy) is 3. The highest BCUT2D eigenvalue weighted by atomic mass is 16.5. The van der Waals surface area contributed by atoms with Crippen molar-refractivity contribution in [1.82, 2.24) is 9.88 Å². The van der Waals surface area contributed by atoms with Crippen LogP contribution in [0.5, 0.6) is 11.6 Å². The van der Waals surface area contributed by atoms with Crippen molar-refractivity contribution >= 4 is 16.8 Å². The molecule has 1 aromatic carbocycles. The lowest BCUT2D eigenvalue weighted by Gasteiger charge is -2.21. The fourth-order valence-corrected chi connectivity index (χ4v) is 2.97. The van der Waals surface area contributed by atoms with Gasteiger partial charge < -0.3 is 19.1 Å². The molecule has 0 aliphatic carbocycles. The number of carbonyl (C=O) groups is 1. The van der Waals surface area contributed by atoms with Crippen LogP contribution in [0.1, 0.15) is 25.8 Å². The first kappa shape index (κ1) is 17.5. The third kappa shape index (κ3) is 3.85. The zero-order chi connectivity index (χ0) is 17.8. The van der Waals surface area contributed by atoms with Gasteiger partial charge in [0, 0.05) is 30.7 Å². The number of rotatable bonds is 6. The minimum absolute atomic E-state index is 0.0175. The van der Waals surface area contributed by atoms with E-state index < -0.39 is 6.10 Å². The topological polar surface area (TPSA) is 60.9 Å². The number of amides is 1. The van der Waals surface area contributed by atoms with Crippen LogP contribution in [0.2, 0.25) is 0 Å². The molecule has 0 radical (unpaired) electrons. The predicted octanol–water partition coefficient (Wildman–Crippen LogP) is 2.78. The molecule has 3 rings (SSSR count). The van der Waals surface area contributed by atoms with Gasteiger partial charge in [-0.15, -0.1) is 0 Å². The molecule has 0 saturated heterocycles. The zero-order valence-corrected chi connectivity index (χ0v) is 14.9. The molecular weight excluding hydrogens is 320 g/mol. The molecule has 1 atom stereocenters. The number of pyridine rings is 1. The Kier molecular flexibility index (Phi) is 5.38. The van der Waals surface area contributed by atoms with Crippen molar-refractivity contribution in [3.05, 3.63) is 29.8 Å². The summed E-state index contributed by atoms with van der Waals surface area (Å²) < 4.78 is 16.5. The summed E-state index contributed by atoms with van der Waals surface area (Å²) in [5, 5.41) is 0.970. The highest BCUT2D eigenvalue weighted by molar-refractivity contribution is 5.84. The van der Waals surface area contributed by atoms with Crippen LogP contribution in [0, 0.1) is 0 Å². The molecule has 134 valence electrons. The predicted molar refractivity (Wildman–Crippen MR) is 94.9 cm³/mol. The Balaban J connectivity index is 1.88. The molecule has 0 bridgehead atoms. The zero-order valence-electron chi connectivity index (χ0n) is 14.9. The number of methoxy groups -OCH3 is 1. The van der Waals surface area contributed by atoms with E-state index in [-0.39, 0.29) is 5.91 Å². The summed E-state index contributed by atoms with van der Waals surface area (Å²) >= 11 is 0. The van der Waals surface area contributed by atoms with Gasteiger partial charge in [0.1, 0.15) is 5.75 Å². The summed E-state index contributed by atoms with van der Waals surface area (Å²) in [5.74, 6) is 1.30. The third-order valence-corrected chi connectivity index (χ3v) is 4.29. The van der Waals surface area contributed by atoms with Crippen LogP contribution >= 0.6 is 0 Å². The SMILES string of the molecule is CCOCCCN1Cc2cc3cc(OC)ccc3nc2O[C@@H](C)C1=O. The Morgan fingerprint density at radius 2 is 2.20 bits per heavy atom. The maximum Gasteiger partial charge on any atom is 0.263 e.